The van der Waals surface area contributed by atoms with Crippen molar-refractivity contribution in [3.8, 4) is 0 Å². The second-order valence-electron chi connectivity index (χ2n) is 3.29. The number of rotatable bonds is 5. The first-order chi connectivity index (χ1) is 7.13. The van der Waals surface area contributed by atoms with Crippen LogP contribution in [0.3, 0.4) is 0 Å². The van der Waals surface area contributed by atoms with Crippen LogP contribution < -0.4 is 5.32 Å². The van der Waals surface area contributed by atoms with Gasteiger partial charge in [-0.2, -0.15) is 0 Å². The third-order valence-corrected chi connectivity index (χ3v) is 2.62. The summed E-state index contributed by atoms with van der Waals surface area (Å²) >= 11 is 11.6. The molecule has 0 saturated heterocycles. The van der Waals surface area contributed by atoms with Crippen molar-refractivity contribution in [1.82, 2.24) is 10.3 Å². The van der Waals surface area contributed by atoms with Gasteiger partial charge in [-0.05, 0) is 12.5 Å². The Balaban J connectivity index is 2.44. The lowest BCUT2D eigenvalue weighted by molar-refractivity contribution is 0.167. The first-order valence-electron chi connectivity index (χ1n) is 4.82. The van der Waals surface area contributed by atoms with Gasteiger partial charge in [-0.15, -0.1) is 0 Å². The summed E-state index contributed by atoms with van der Waals surface area (Å²) in [6, 6.07) is 1.61. The Bertz CT molecular complexity index is 320. The first-order valence-corrected chi connectivity index (χ1v) is 5.57. The molecule has 0 aromatic carbocycles. The Morgan fingerprint density at radius 2 is 2.27 bits per heavy atom. The molecular formula is C10H14Cl2N2O. The zero-order chi connectivity index (χ0) is 11.3. The number of nitrogens with zero attached hydrogens (tertiary/aromatic N) is 1. The van der Waals surface area contributed by atoms with Crippen LogP contribution in [-0.2, 0) is 6.54 Å². The van der Waals surface area contributed by atoms with Crippen LogP contribution in [0.2, 0.25) is 10.2 Å². The largest absolute Gasteiger partial charge is 0.392 e. The highest BCUT2D eigenvalue weighted by atomic mass is 35.5. The smallest absolute Gasteiger partial charge is 0.130 e. The Kier molecular flexibility index (Phi) is 5.32. The second-order valence-corrected chi connectivity index (χ2v) is 4.09. The van der Waals surface area contributed by atoms with Crippen LogP contribution in [0.25, 0.3) is 0 Å². The summed E-state index contributed by atoms with van der Waals surface area (Å²) in [5.74, 6) is 0. The number of aliphatic hydroxyl groups is 1. The van der Waals surface area contributed by atoms with Crippen LogP contribution in [0.1, 0.15) is 18.9 Å². The van der Waals surface area contributed by atoms with Gasteiger partial charge in [0.05, 0.1) is 6.10 Å². The van der Waals surface area contributed by atoms with Crippen LogP contribution in [0, 0.1) is 0 Å². The van der Waals surface area contributed by atoms with Crippen molar-refractivity contribution in [2.24, 2.45) is 0 Å². The van der Waals surface area contributed by atoms with Crippen molar-refractivity contribution in [3.05, 3.63) is 28.0 Å². The van der Waals surface area contributed by atoms with Crippen LogP contribution in [-0.4, -0.2) is 22.7 Å². The lowest BCUT2D eigenvalue weighted by Gasteiger charge is -2.10. The second kappa shape index (κ2) is 6.28. The molecule has 1 heterocycles. The van der Waals surface area contributed by atoms with E-state index in [1.54, 1.807) is 12.3 Å². The third-order valence-electron chi connectivity index (χ3n) is 2.06. The van der Waals surface area contributed by atoms with E-state index in [0.29, 0.717) is 23.3 Å². The van der Waals surface area contributed by atoms with Gasteiger partial charge in [0.1, 0.15) is 5.15 Å². The number of pyridine rings is 1. The molecule has 5 heteroatoms. The predicted molar refractivity (Wildman–Crippen MR) is 62.3 cm³/mol. The SMILES string of the molecule is CC[C@@H](O)CNCc1cnc(Cl)cc1Cl. The number of aliphatic hydroxyl groups excluding tert-OH is 1. The molecule has 0 aliphatic carbocycles. The maximum atomic E-state index is 9.32. The number of halogens is 2. The summed E-state index contributed by atoms with van der Waals surface area (Å²) < 4.78 is 0. The first kappa shape index (κ1) is 12.7. The molecule has 0 aliphatic rings. The fourth-order valence-corrected chi connectivity index (χ4v) is 1.52. The van der Waals surface area contributed by atoms with E-state index in [-0.39, 0.29) is 6.10 Å². The molecule has 2 N–H and O–H groups in total. The number of nitrogens with one attached hydrogen (secondary N) is 1. The van der Waals surface area contributed by atoms with Gasteiger partial charge in [0, 0.05) is 29.9 Å². The molecule has 3 nitrogen and oxygen atoms in total. The zero-order valence-corrected chi connectivity index (χ0v) is 10.0. The maximum absolute atomic E-state index is 9.32. The van der Waals surface area contributed by atoms with Crippen LogP contribution in [0.5, 0.6) is 0 Å². The zero-order valence-electron chi connectivity index (χ0n) is 8.50. The van der Waals surface area contributed by atoms with Gasteiger partial charge in [-0.1, -0.05) is 30.1 Å². The summed E-state index contributed by atoms with van der Waals surface area (Å²) in [6.45, 7) is 3.07. The van der Waals surface area contributed by atoms with E-state index in [2.05, 4.69) is 10.3 Å². The highest BCUT2D eigenvalue weighted by Gasteiger charge is 2.03. The van der Waals surface area contributed by atoms with Gasteiger partial charge in [0.15, 0.2) is 0 Å². The number of hydrogen-bond acceptors (Lipinski definition) is 3. The van der Waals surface area contributed by atoms with E-state index >= 15 is 0 Å². The summed E-state index contributed by atoms with van der Waals surface area (Å²) in [7, 11) is 0. The van der Waals surface area contributed by atoms with Crippen molar-refractivity contribution < 1.29 is 5.11 Å². The minimum atomic E-state index is -0.316. The fraction of sp³-hybridized carbons (Fsp3) is 0.500. The van der Waals surface area contributed by atoms with Gasteiger partial charge in [0.2, 0.25) is 0 Å². The van der Waals surface area contributed by atoms with E-state index < -0.39 is 0 Å². The molecule has 0 bridgehead atoms. The molecule has 0 unspecified atom stereocenters. The molecule has 1 aromatic heterocycles. The predicted octanol–water partition coefficient (Wildman–Crippen LogP) is 2.25. The van der Waals surface area contributed by atoms with E-state index in [9.17, 15) is 5.11 Å². The molecule has 1 atom stereocenters. The quantitative estimate of drug-likeness (QED) is 0.786. The topological polar surface area (TPSA) is 45.1 Å². The highest BCUT2D eigenvalue weighted by Crippen LogP contribution is 2.18. The Morgan fingerprint density at radius 3 is 2.87 bits per heavy atom. The van der Waals surface area contributed by atoms with E-state index in [1.807, 2.05) is 6.92 Å². The molecule has 0 radical (unpaired) electrons. The molecule has 1 aromatic rings. The molecule has 0 aliphatic heterocycles. The Labute approximate surface area is 99.4 Å². The molecule has 0 spiro atoms. The number of hydrogen-bond donors (Lipinski definition) is 2. The van der Waals surface area contributed by atoms with E-state index in [0.717, 1.165) is 12.0 Å². The summed E-state index contributed by atoms with van der Waals surface area (Å²) in [6.07, 6.45) is 2.05. The molecule has 1 rings (SSSR count). The summed E-state index contributed by atoms with van der Waals surface area (Å²) in [5, 5.41) is 13.4. The van der Waals surface area contributed by atoms with E-state index in [1.165, 1.54) is 0 Å². The molecule has 15 heavy (non-hydrogen) atoms. The average molecular weight is 249 g/mol. The van der Waals surface area contributed by atoms with Crippen molar-refractivity contribution >= 4 is 23.2 Å². The Morgan fingerprint density at radius 1 is 1.53 bits per heavy atom. The van der Waals surface area contributed by atoms with Gasteiger partial charge >= 0.3 is 0 Å². The molecule has 0 amide bonds. The fourth-order valence-electron chi connectivity index (χ4n) is 1.08. The summed E-state index contributed by atoms with van der Waals surface area (Å²) in [4.78, 5) is 3.94. The van der Waals surface area contributed by atoms with Crippen molar-refractivity contribution in [1.29, 1.82) is 0 Å². The Hall–Kier alpha value is -0.350. The summed E-state index contributed by atoms with van der Waals surface area (Å²) in [5.41, 5.74) is 0.879. The van der Waals surface area contributed by atoms with Gasteiger partial charge in [-0.25, -0.2) is 4.98 Å². The van der Waals surface area contributed by atoms with E-state index in [4.69, 9.17) is 23.2 Å². The van der Waals surface area contributed by atoms with Gasteiger partial charge in [-0.3, -0.25) is 0 Å². The lowest BCUT2D eigenvalue weighted by Crippen LogP contribution is -2.25. The molecule has 0 saturated carbocycles. The third kappa shape index (κ3) is 4.34. The minimum absolute atomic E-state index is 0.316. The average Bonchev–Trinajstić information content (AvgIpc) is 2.21. The minimum Gasteiger partial charge on any atom is -0.392 e. The van der Waals surface area contributed by atoms with Crippen LogP contribution in [0.4, 0.5) is 0 Å². The van der Waals surface area contributed by atoms with Crippen LogP contribution in [0.15, 0.2) is 12.3 Å². The molecule has 0 fully saturated rings. The van der Waals surface area contributed by atoms with Crippen molar-refractivity contribution in [2.45, 2.75) is 26.0 Å². The molecule has 84 valence electrons. The molecular weight excluding hydrogens is 235 g/mol. The monoisotopic (exact) mass is 248 g/mol. The highest BCUT2D eigenvalue weighted by molar-refractivity contribution is 6.34. The van der Waals surface area contributed by atoms with Gasteiger partial charge < -0.3 is 10.4 Å². The number of aromatic nitrogens is 1. The standard InChI is InChI=1S/C10H14Cl2N2O/c1-2-8(15)6-13-4-7-5-14-10(12)3-9(7)11/h3,5,8,13,15H,2,4,6H2,1H3/t8-/m1/s1. The maximum Gasteiger partial charge on any atom is 0.130 e. The van der Waals surface area contributed by atoms with Gasteiger partial charge in [0.25, 0.3) is 0 Å². The van der Waals surface area contributed by atoms with Crippen molar-refractivity contribution in [3.63, 3.8) is 0 Å². The van der Waals surface area contributed by atoms with Crippen LogP contribution >= 0.6 is 23.2 Å². The normalized spacial score (nSPS) is 12.8. The van der Waals surface area contributed by atoms with Crippen molar-refractivity contribution in [2.75, 3.05) is 6.54 Å². The lowest BCUT2D eigenvalue weighted by atomic mass is 10.2.